The maximum Gasteiger partial charge on any atom is 0.225 e. The van der Waals surface area contributed by atoms with Gasteiger partial charge >= 0.3 is 0 Å². The van der Waals surface area contributed by atoms with Gasteiger partial charge in [-0.2, -0.15) is 4.37 Å². The Kier molecular flexibility index (Phi) is 4.59. The Hall–Kier alpha value is -1.21. The van der Waals surface area contributed by atoms with E-state index in [1.807, 2.05) is 20.8 Å². The highest BCUT2D eigenvalue weighted by atomic mass is 32.1. The summed E-state index contributed by atoms with van der Waals surface area (Å²) in [4.78, 5) is 18.5. The minimum Gasteiger partial charge on any atom is -0.384 e. The second-order valence-corrected chi connectivity index (χ2v) is 6.79. The lowest BCUT2D eigenvalue weighted by molar-refractivity contribution is -0.129. The highest BCUT2D eigenvalue weighted by Crippen LogP contribution is 2.24. The number of carbonyl (C=O) groups excluding carboxylic acids is 1. The molecule has 1 N–H and O–H groups in total. The van der Waals surface area contributed by atoms with Crippen molar-refractivity contribution in [2.75, 3.05) is 31.7 Å². The van der Waals surface area contributed by atoms with Gasteiger partial charge < -0.3 is 15.0 Å². The number of methoxy groups -OCH3 is 1. The molecule has 0 spiro atoms. The normalized spacial score (nSPS) is 16.1. The fraction of sp³-hybridized carbons (Fsp3) is 0.769. The van der Waals surface area contributed by atoms with Gasteiger partial charge in [-0.1, -0.05) is 20.8 Å². The van der Waals surface area contributed by atoms with Crippen LogP contribution in [0, 0.1) is 5.41 Å². The van der Waals surface area contributed by atoms with E-state index in [0.717, 1.165) is 30.5 Å². The lowest BCUT2D eigenvalue weighted by atomic mass is 9.94. The smallest absolute Gasteiger partial charge is 0.225 e. The van der Waals surface area contributed by atoms with Gasteiger partial charge in [-0.05, 0) is 0 Å². The van der Waals surface area contributed by atoms with Crippen molar-refractivity contribution in [2.45, 2.75) is 33.2 Å². The van der Waals surface area contributed by atoms with Crippen molar-refractivity contribution in [3.8, 4) is 0 Å². The van der Waals surface area contributed by atoms with Crippen LogP contribution in [-0.4, -0.2) is 48.1 Å². The lowest BCUT2D eigenvalue weighted by Crippen LogP contribution is -2.60. The quantitative estimate of drug-likeness (QED) is 0.881. The number of nitrogens with one attached hydrogen (secondary N) is 1. The molecule has 0 aliphatic carbocycles. The number of hydrogen-bond acceptors (Lipinski definition) is 6. The van der Waals surface area contributed by atoms with Crippen LogP contribution >= 0.6 is 11.5 Å². The first-order chi connectivity index (χ1) is 9.40. The maximum absolute atomic E-state index is 11.9. The molecule has 112 valence electrons. The van der Waals surface area contributed by atoms with Crippen molar-refractivity contribution in [1.29, 1.82) is 0 Å². The van der Waals surface area contributed by atoms with Gasteiger partial charge in [0.15, 0.2) is 0 Å². The highest BCUT2D eigenvalue weighted by Gasteiger charge is 2.33. The van der Waals surface area contributed by atoms with Crippen molar-refractivity contribution in [1.82, 2.24) is 14.7 Å². The molecule has 6 nitrogen and oxygen atoms in total. The summed E-state index contributed by atoms with van der Waals surface area (Å²) in [6.07, 6.45) is 0.741. The Balaban J connectivity index is 1.78. The molecule has 0 atom stereocenters. The second kappa shape index (κ2) is 6.05. The standard InChI is InChI=1S/C13H22N4O2S/c1-13(2,3)11(18)14-9-7-17(8-9)12-15-10(16-20-12)5-6-19-4/h9H,5-8H2,1-4H3,(H,14,18). The Labute approximate surface area is 123 Å². The van der Waals surface area contributed by atoms with Crippen molar-refractivity contribution in [2.24, 2.45) is 5.41 Å². The van der Waals surface area contributed by atoms with E-state index < -0.39 is 0 Å². The molecule has 1 aliphatic rings. The minimum absolute atomic E-state index is 0.0974. The van der Waals surface area contributed by atoms with Gasteiger partial charge in [-0.3, -0.25) is 4.79 Å². The molecule has 2 rings (SSSR count). The molecule has 0 unspecified atom stereocenters. The van der Waals surface area contributed by atoms with Crippen LogP contribution in [0.4, 0.5) is 5.13 Å². The fourth-order valence-corrected chi connectivity index (χ4v) is 2.53. The molecule has 0 aromatic carbocycles. The third-order valence-electron chi connectivity index (χ3n) is 3.16. The van der Waals surface area contributed by atoms with Crippen LogP contribution < -0.4 is 10.2 Å². The monoisotopic (exact) mass is 298 g/mol. The largest absolute Gasteiger partial charge is 0.384 e. The predicted molar refractivity (Wildman–Crippen MR) is 79.1 cm³/mol. The van der Waals surface area contributed by atoms with Gasteiger partial charge in [0.05, 0.1) is 12.6 Å². The first-order valence-electron chi connectivity index (χ1n) is 6.77. The Morgan fingerprint density at radius 2 is 2.20 bits per heavy atom. The average molecular weight is 298 g/mol. The molecule has 20 heavy (non-hydrogen) atoms. The van der Waals surface area contributed by atoms with Gasteiger partial charge in [0, 0.05) is 43.6 Å². The summed E-state index contributed by atoms with van der Waals surface area (Å²) in [5, 5.41) is 3.98. The Morgan fingerprint density at radius 1 is 1.50 bits per heavy atom. The molecule has 1 saturated heterocycles. The van der Waals surface area contributed by atoms with Crippen LogP contribution in [0.5, 0.6) is 0 Å². The van der Waals surface area contributed by atoms with E-state index in [2.05, 4.69) is 19.6 Å². The molecule has 0 saturated carbocycles. The van der Waals surface area contributed by atoms with Crippen molar-refractivity contribution < 1.29 is 9.53 Å². The van der Waals surface area contributed by atoms with Crippen LogP contribution in [0.2, 0.25) is 0 Å². The number of anilines is 1. The molecule has 1 amide bonds. The molecular weight excluding hydrogens is 276 g/mol. The summed E-state index contributed by atoms with van der Waals surface area (Å²) in [5.74, 6) is 0.925. The van der Waals surface area contributed by atoms with Gasteiger partial charge in [-0.15, -0.1) is 0 Å². The SMILES string of the molecule is COCCc1nsc(N2CC(NC(=O)C(C)(C)C)C2)n1. The second-order valence-electron chi connectivity index (χ2n) is 6.06. The predicted octanol–water partition coefficient (Wildman–Crippen LogP) is 1.08. The molecule has 2 heterocycles. The molecule has 1 fully saturated rings. The van der Waals surface area contributed by atoms with E-state index in [1.165, 1.54) is 11.5 Å². The summed E-state index contributed by atoms with van der Waals surface area (Å²) >= 11 is 1.41. The lowest BCUT2D eigenvalue weighted by Gasteiger charge is -2.40. The number of hydrogen-bond donors (Lipinski definition) is 1. The maximum atomic E-state index is 11.9. The molecule has 0 bridgehead atoms. The van der Waals surface area contributed by atoms with Crippen molar-refractivity contribution in [3.05, 3.63) is 5.82 Å². The van der Waals surface area contributed by atoms with Crippen LogP contribution in [0.15, 0.2) is 0 Å². The van der Waals surface area contributed by atoms with E-state index in [9.17, 15) is 4.79 Å². The number of rotatable bonds is 5. The van der Waals surface area contributed by atoms with E-state index in [-0.39, 0.29) is 17.4 Å². The molecule has 7 heteroatoms. The van der Waals surface area contributed by atoms with Gasteiger partial charge in [-0.25, -0.2) is 4.98 Å². The average Bonchev–Trinajstić information content (AvgIpc) is 2.77. The van der Waals surface area contributed by atoms with E-state index >= 15 is 0 Å². The van der Waals surface area contributed by atoms with E-state index in [1.54, 1.807) is 7.11 Å². The first-order valence-corrected chi connectivity index (χ1v) is 7.55. The van der Waals surface area contributed by atoms with Gasteiger partial charge in [0.1, 0.15) is 5.82 Å². The Bertz CT molecular complexity index is 463. The summed E-state index contributed by atoms with van der Waals surface area (Å²) in [6.45, 7) is 8.02. The van der Waals surface area contributed by atoms with Crippen LogP contribution in [0.25, 0.3) is 0 Å². The summed E-state index contributed by atoms with van der Waals surface area (Å²) < 4.78 is 9.32. The number of amides is 1. The molecule has 1 aliphatic heterocycles. The zero-order valence-electron chi connectivity index (χ0n) is 12.5. The molecule has 0 radical (unpaired) electrons. The van der Waals surface area contributed by atoms with Crippen molar-refractivity contribution in [3.63, 3.8) is 0 Å². The third kappa shape index (κ3) is 3.67. The fourth-order valence-electron chi connectivity index (χ4n) is 1.80. The summed E-state index contributed by atoms with van der Waals surface area (Å²) in [5.41, 5.74) is -0.337. The first kappa shape index (κ1) is 15.2. The number of carbonyl (C=O) groups is 1. The minimum atomic E-state index is -0.337. The van der Waals surface area contributed by atoms with Crippen LogP contribution in [-0.2, 0) is 16.0 Å². The Morgan fingerprint density at radius 3 is 2.80 bits per heavy atom. The topological polar surface area (TPSA) is 67.3 Å². The zero-order valence-corrected chi connectivity index (χ0v) is 13.3. The molecule has 1 aromatic rings. The van der Waals surface area contributed by atoms with Gasteiger partial charge in [0.25, 0.3) is 0 Å². The van der Waals surface area contributed by atoms with Crippen LogP contribution in [0.1, 0.15) is 26.6 Å². The number of ether oxygens (including phenoxy) is 1. The molecule has 1 aromatic heterocycles. The van der Waals surface area contributed by atoms with Gasteiger partial charge in [0.2, 0.25) is 11.0 Å². The van der Waals surface area contributed by atoms with E-state index in [4.69, 9.17) is 4.74 Å². The summed E-state index contributed by atoms with van der Waals surface area (Å²) in [7, 11) is 1.67. The van der Waals surface area contributed by atoms with Crippen molar-refractivity contribution >= 4 is 22.6 Å². The number of nitrogens with zero attached hydrogens (tertiary/aromatic N) is 3. The third-order valence-corrected chi connectivity index (χ3v) is 3.97. The van der Waals surface area contributed by atoms with Crippen LogP contribution in [0.3, 0.4) is 0 Å². The van der Waals surface area contributed by atoms with E-state index in [0.29, 0.717) is 6.61 Å². The summed E-state index contributed by atoms with van der Waals surface area (Å²) in [6, 6.07) is 0.216. The highest BCUT2D eigenvalue weighted by molar-refractivity contribution is 7.09. The number of aromatic nitrogens is 2. The zero-order chi connectivity index (χ0) is 14.8. The molecular formula is C13H22N4O2S.